The van der Waals surface area contributed by atoms with Crippen LogP contribution in [0.15, 0.2) is 42.2 Å². The summed E-state index contributed by atoms with van der Waals surface area (Å²) in [6.45, 7) is 1.66. The molecule has 3 heterocycles. The minimum Gasteiger partial charge on any atom is -0.497 e. The fourth-order valence-corrected chi connectivity index (χ4v) is 4.68. The van der Waals surface area contributed by atoms with Crippen LogP contribution in [0.25, 0.3) is 5.65 Å². The van der Waals surface area contributed by atoms with Gasteiger partial charge in [0.05, 0.1) is 14.2 Å². The van der Waals surface area contributed by atoms with Gasteiger partial charge in [-0.05, 0) is 31.1 Å². The van der Waals surface area contributed by atoms with Gasteiger partial charge >= 0.3 is 0 Å². The molecule has 202 valence electrons. The Balaban J connectivity index is 1.36. The minimum absolute atomic E-state index is 0.136. The quantitative estimate of drug-likeness (QED) is 0.264. The van der Waals surface area contributed by atoms with Gasteiger partial charge in [-0.3, -0.25) is 14.0 Å². The zero-order valence-electron chi connectivity index (χ0n) is 21.8. The number of hydrogen-bond donors (Lipinski definition) is 3. The van der Waals surface area contributed by atoms with Gasteiger partial charge in [0.15, 0.2) is 11.5 Å². The number of nitrogens with two attached hydrogens (primary N) is 1. The van der Waals surface area contributed by atoms with Crippen LogP contribution in [0, 0.1) is 23.2 Å². The van der Waals surface area contributed by atoms with Crippen molar-refractivity contribution < 1.29 is 19.1 Å². The topological polar surface area (TPSA) is 160 Å². The average molecular weight is 531 g/mol. The predicted molar refractivity (Wildman–Crippen MR) is 144 cm³/mol. The molecule has 1 saturated carbocycles. The third kappa shape index (κ3) is 5.57. The lowest BCUT2D eigenvalue weighted by molar-refractivity contribution is -0.125. The van der Waals surface area contributed by atoms with E-state index in [4.69, 9.17) is 15.2 Å². The number of amides is 2. The smallest absolute Gasteiger partial charge is 0.264 e. The number of benzene rings is 1. The van der Waals surface area contributed by atoms with Gasteiger partial charge in [-0.2, -0.15) is 10.2 Å². The van der Waals surface area contributed by atoms with Crippen LogP contribution in [0.4, 0.5) is 17.5 Å². The Bertz CT molecular complexity index is 1460. The predicted octanol–water partition coefficient (Wildman–Crippen LogP) is 2.71. The second kappa shape index (κ2) is 10.9. The number of rotatable bonds is 10. The number of allylic oxidation sites excluding steroid dienone is 1. The first kappa shape index (κ1) is 25.8. The Kier molecular flexibility index (Phi) is 7.23. The third-order valence-corrected chi connectivity index (χ3v) is 6.90. The van der Waals surface area contributed by atoms with Gasteiger partial charge in [0.1, 0.15) is 28.7 Å². The highest BCUT2D eigenvalue weighted by Gasteiger charge is 2.30. The van der Waals surface area contributed by atoms with Crippen molar-refractivity contribution in [2.45, 2.75) is 19.3 Å². The molecular formula is C27H30N8O4. The molecule has 2 aromatic heterocycles. The number of ether oxygens (including phenoxy) is 2. The van der Waals surface area contributed by atoms with Crippen LogP contribution in [0.1, 0.15) is 29.6 Å². The van der Waals surface area contributed by atoms with Crippen LogP contribution in [0.2, 0.25) is 0 Å². The molecule has 0 bridgehead atoms. The number of methoxy groups -OCH3 is 2. The number of carbonyl (C=O) groups is 2. The number of nitrogens with zero attached hydrogens (tertiary/aromatic N) is 5. The molecule has 4 N–H and O–H groups in total. The van der Waals surface area contributed by atoms with E-state index in [-0.39, 0.29) is 28.8 Å². The van der Waals surface area contributed by atoms with Crippen molar-refractivity contribution in [3.8, 4) is 17.6 Å². The minimum atomic E-state index is -0.680. The molecule has 3 aromatic rings. The number of nitrogens with one attached hydrogen (secondary N) is 2. The molecule has 12 nitrogen and oxygen atoms in total. The normalized spacial score (nSPS) is 17.1. The fraction of sp³-hybridized carbons (Fsp3) is 0.370. The molecule has 1 unspecified atom stereocenters. The van der Waals surface area contributed by atoms with Crippen LogP contribution in [0.3, 0.4) is 0 Å². The van der Waals surface area contributed by atoms with Gasteiger partial charge in [-0.15, -0.1) is 0 Å². The summed E-state index contributed by atoms with van der Waals surface area (Å²) in [6, 6.07) is 7.29. The van der Waals surface area contributed by atoms with Crippen LogP contribution >= 0.6 is 0 Å². The van der Waals surface area contributed by atoms with E-state index >= 15 is 0 Å². The van der Waals surface area contributed by atoms with Crippen molar-refractivity contribution in [2.24, 2.45) is 17.6 Å². The molecule has 1 aliphatic carbocycles. The second-order valence-corrected chi connectivity index (χ2v) is 9.69. The summed E-state index contributed by atoms with van der Waals surface area (Å²) in [5.74, 6) is 1.44. The number of fused-ring (bicyclic) bond motifs is 1. The van der Waals surface area contributed by atoms with Crippen molar-refractivity contribution in [3.05, 3.63) is 47.8 Å². The summed E-state index contributed by atoms with van der Waals surface area (Å²) >= 11 is 0. The first-order chi connectivity index (χ1) is 18.9. The molecule has 12 heteroatoms. The van der Waals surface area contributed by atoms with Crippen molar-refractivity contribution in [3.63, 3.8) is 0 Å². The number of anilines is 3. The lowest BCUT2D eigenvalue weighted by atomic mass is 10.1. The highest BCUT2D eigenvalue weighted by molar-refractivity contribution is 6.04. The number of primary amides is 1. The molecule has 1 aromatic carbocycles. The Morgan fingerprint density at radius 2 is 1.95 bits per heavy atom. The average Bonchev–Trinajstić information content (AvgIpc) is 3.40. The number of aromatic nitrogens is 3. The van der Waals surface area contributed by atoms with E-state index in [0.717, 1.165) is 19.3 Å². The Morgan fingerprint density at radius 1 is 1.21 bits per heavy atom. The first-order valence-corrected chi connectivity index (χ1v) is 12.7. The van der Waals surface area contributed by atoms with Crippen molar-refractivity contribution >= 4 is 34.9 Å². The fourth-order valence-electron chi connectivity index (χ4n) is 4.68. The Morgan fingerprint density at radius 3 is 2.59 bits per heavy atom. The van der Waals surface area contributed by atoms with Gasteiger partial charge < -0.3 is 30.7 Å². The monoisotopic (exact) mass is 530 g/mol. The number of hydrogen-bond acceptors (Lipinski definition) is 9. The SMILES string of the molecule is COc1cc(Nc2nc(NCC3CCN(C(=O)C(C#N)=CC4CC4)C3)n3ccnc3c2C(N)=O)cc(OC)c1. The molecule has 0 radical (unpaired) electrons. The largest absolute Gasteiger partial charge is 0.497 e. The van der Waals surface area contributed by atoms with Crippen LogP contribution in [-0.4, -0.2) is 64.9 Å². The van der Waals surface area contributed by atoms with E-state index in [1.807, 2.05) is 0 Å². The molecule has 39 heavy (non-hydrogen) atoms. The van der Waals surface area contributed by atoms with Gasteiger partial charge in [-0.1, -0.05) is 6.08 Å². The van der Waals surface area contributed by atoms with Gasteiger partial charge in [0, 0.05) is 55.9 Å². The highest BCUT2D eigenvalue weighted by Crippen LogP contribution is 2.32. The summed E-state index contributed by atoms with van der Waals surface area (Å²) in [4.78, 5) is 36.1. The molecule has 1 aliphatic heterocycles. The van der Waals surface area contributed by atoms with Crippen molar-refractivity contribution in [1.82, 2.24) is 19.3 Å². The maximum absolute atomic E-state index is 12.8. The van der Waals surface area contributed by atoms with Crippen LogP contribution < -0.4 is 25.8 Å². The lowest BCUT2D eigenvalue weighted by Crippen LogP contribution is -2.31. The molecule has 1 atom stereocenters. The van der Waals surface area contributed by atoms with Crippen LogP contribution in [0.5, 0.6) is 11.5 Å². The van der Waals surface area contributed by atoms with E-state index in [2.05, 4.69) is 26.7 Å². The number of imidazole rings is 1. The third-order valence-electron chi connectivity index (χ3n) is 6.90. The van der Waals surface area contributed by atoms with Gasteiger partial charge in [0.2, 0.25) is 5.95 Å². The molecule has 5 rings (SSSR count). The zero-order valence-corrected chi connectivity index (χ0v) is 21.8. The molecule has 1 saturated heterocycles. The van der Waals surface area contributed by atoms with E-state index in [1.165, 1.54) is 0 Å². The number of nitriles is 1. The molecule has 2 amide bonds. The van der Waals surface area contributed by atoms with E-state index < -0.39 is 5.91 Å². The number of carbonyl (C=O) groups excluding carboxylic acids is 2. The molecular weight excluding hydrogens is 500 g/mol. The second-order valence-electron chi connectivity index (χ2n) is 9.69. The van der Waals surface area contributed by atoms with Crippen molar-refractivity contribution in [1.29, 1.82) is 5.26 Å². The maximum Gasteiger partial charge on any atom is 0.264 e. The molecule has 2 fully saturated rings. The van der Waals surface area contributed by atoms with Gasteiger partial charge in [-0.25, -0.2) is 4.98 Å². The highest BCUT2D eigenvalue weighted by atomic mass is 16.5. The first-order valence-electron chi connectivity index (χ1n) is 12.7. The summed E-state index contributed by atoms with van der Waals surface area (Å²) in [6.07, 6.45) is 7.94. The summed E-state index contributed by atoms with van der Waals surface area (Å²) in [5, 5.41) is 15.9. The maximum atomic E-state index is 12.8. The summed E-state index contributed by atoms with van der Waals surface area (Å²) < 4.78 is 12.4. The zero-order chi connectivity index (χ0) is 27.5. The van der Waals surface area contributed by atoms with Crippen LogP contribution in [-0.2, 0) is 4.79 Å². The van der Waals surface area contributed by atoms with Gasteiger partial charge in [0.25, 0.3) is 11.8 Å². The molecule has 0 spiro atoms. The Labute approximate surface area is 225 Å². The van der Waals surface area contributed by atoms with E-state index in [1.54, 1.807) is 60.2 Å². The van der Waals surface area contributed by atoms with Crippen molar-refractivity contribution in [2.75, 3.05) is 44.5 Å². The lowest BCUT2D eigenvalue weighted by Gasteiger charge is -2.18. The standard InChI is InChI=1S/C27H30N8O4/c1-38-20-10-19(11-21(12-20)39-2)32-24-22(23(29)36)25-30-6-8-35(25)27(33-24)31-14-17-5-7-34(15-17)26(37)18(13-28)9-16-3-4-16/h6,8-12,16-17,32H,3-5,7,14-15H2,1-2H3,(H2,29,36)(H,31,33). The summed E-state index contributed by atoms with van der Waals surface area (Å²) in [7, 11) is 3.10. The van der Waals surface area contributed by atoms with E-state index in [0.29, 0.717) is 54.3 Å². The summed E-state index contributed by atoms with van der Waals surface area (Å²) in [5.41, 5.74) is 7.04. The molecule has 2 aliphatic rings. The van der Waals surface area contributed by atoms with E-state index in [9.17, 15) is 14.9 Å². The number of likely N-dealkylation sites (tertiary alicyclic amines) is 1. The Hall–Kier alpha value is -4.79.